The third-order valence-corrected chi connectivity index (χ3v) is 4.29. The molecule has 0 radical (unpaired) electrons. The summed E-state index contributed by atoms with van der Waals surface area (Å²) in [6.07, 6.45) is -1.13. The molecule has 0 saturated carbocycles. The van der Waals surface area contributed by atoms with Gasteiger partial charge in [-0.25, -0.2) is 4.79 Å². The SMILES string of the molecule is CC(C)N1C(=O)COC(C(=O)O)C1c1cc(Cl)ccc1Br. The number of hydrogen-bond acceptors (Lipinski definition) is 3. The molecule has 1 aromatic carbocycles. The number of carbonyl (C=O) groups is 2. The number of benzene rings is 1. The van der Waals surface area contributed by atoms with Gasteiger partial charge >= 0.3 is 5.97 Å². The lowest BCUT2D eigenvalue weighted by atomic mass is 9.96. The van der Waals surface area contributed by atoms with Gasteiger partial charge in [0, 0.05) is 15.5 Å². The second-order valence-electron chi connectivity index (χ2n) is 5.08. The Morgan fingerprint density at radius 2 is 2.19 bits per heavy atom. The predicted molar refractivity (Wildman–Crippen MR) is 81.3 cm³/mol. The number of carbonyl (C=O) groups excluding carboxylic acids is 1. The Labute approximate surface area is 136 Å². The first-order valence-corrected chi connectivity index (χ1v) is 7.60. The van der Waals surface area contributed by atoms with Crippen LogP contribution in [0.4, 0.5) is 0 Å². The average molecular weight is 377 g/mol. The lowest BCUT2D eigenvalue weighted by Gasteiger charge is -2.42. The molecule has 1 fully saturated rings. The Balaban J connectivity index is 2.56. The Morgan fingerprint density at radius 1 is 1.52 bits per heavy atom. The van der Waals surface area contributed by atoms with E-state index in [9.17, 15) is 14.7 Å². The maximum Gasteiger partial charge on any atom is 0.335 e. The van der Waals surface area contributed by atoms with Gasteiger partial charge in [-0.05, 0) is 37.6 Å². The lowest BCUT2D eigenvalue weighted by Crippen LogP contribution is -2.54. The number of hydrogen-bond donors (Lipinski definition) is 1. The molecule has 1 aliphatic rings. The number of carboxylic acids is 1. The number of ether oxygens (including phenoxy) is 1. The van der Waals surface area contributed by atoms with Crippen LogP contribution in [-0.2, 0) is 14.3 Å². The highest BCUT2D eigenvalue weighted by Gasteiger charge is 2.43. The fraction of sp³-hybridized carbons (Fsp3) is 0.429. The largest absolute Gasteiger partial charge is 0.479 e. The van der Waals surface area contributed by atoms with Gasteiger partial charge in [-0.3, -0.25) is 4.79 Å². The second kappa shape index (κ2) is 6.34. The van der Waals surface area contributed by atoms with Gasteiger partial charge in [0.15, 0.2) is 6.10 Å². The van der Waals surface area contributed by atoms with Gasteiger partial charge in [0.05, 0.1) is 6.04 Å². The van der Waals surface area contributed by atoms with Crippen molar-refractivity contribution < 1.29 is 19.4 Å². The second-order valence-corrected chi connectivity index (χ2v) is 6.37. The zero-order chi connectivity index (χ0) is 15.7. The minimum atomic E-state index is -1.13. The average Bonchev–Trinajstić information content (AvgIpc) is 2.40. The molecule has 2 unspecified atom stereocenters. The molecule has 1 aromatic rings. The minimum absolute atomic E-state index is 0.154. The molecule has 1 N–H and O–H groups in total. The zero-order valence-corrected chi connectivity index (χ0v) is 13.9. The molecule has 114 valence electrons. The van der Waals surface area contributed by atoms with Gasteiger partial charge in [0.25, 0.3) is 0 Å². The summed E-state index contributed by atoms with van der Waals surface area (Å²) in [5.41, 5.74) is 0.622. The van der Waals surface area contributed by atoms with Crippen molar-refractivity contribution in [2.75, 3.05) is 6.61 Å². The molecule has 2 rings (SSSR count). The summed E-state index contributed by atoms with van der Waals surface area (Å²) >= 11 is 9.41. The number of nitrogens with zero attached hydrogens (tertiary/aromatic N) is 1. The van der Waals surface area contributed by atoms with E-state index in [4.69, 9.17) is 16.3 Å². The molecule has 2 atom stereocenters. The van der Waals surface area contributed by atoms with Gasteiger partial charge in [-0.1, -0.05) is 27.5 Å². The van der Waals surface area contributed by atoms with Crippen molar-refractivity contribution >= 4 is 39.4 Å². The number of amides is 1. The van der Waals surface area contributed by atoms with Crippen LogP contribution in [0.5, 0.6) is 0 Å². The van der Waals surface area contributed by atoms with Gasteiger partial charge in [0.1, 0.15) is 6.61 Å². The monoisotopic (exact) mass is 375 g/mol. The molecule has 0 aromatic heterocycles. The quantitative estimate of drug-likeness (QED) is 0.881. The maximum atomic E-state index is 12.1. The molecule has 5 nitrogen and oxygen atoms in total. The van der Waals surface area contributed by atoms with Crippen molar-refractivity contribution in [3.05, 3.63) is 33.3 Å². The summed E-state index contributed by atoms with van der Waals surface area (Å²) in [6.45, 7) is 3.45. The number of morpholine rings is 1. The summed E-state index contributed by atoms with van der Waals surface area (Å²) in [6, 6.07) is 4.20. The molecular formula is C14H15BrClNO4. The predicted octanol–water partition coefficient (Wildman–Crippen LogP) is 2.86. The first kappa shape index (κ1) is 16.3. The number of aliphatic carboxylic acids is 1. The van der Waals surface area contributed by atoms with Crippen LogP contribution in [0.15, 0.2) is 22.7 Å². The molecule has 1 heterocycles. The number of halogens is 2. The van der Waals surface area contributed by atoms with Crippen LogP contribution in [0, 0.1) is 0 Å². The molecule has 7 heteroatoms. The van der Waals surface area contributed by atoms with E-state index in [1.54, 1.807) is 23.1 Å². The van der Waals surface area contributed by atoms with Crippen molar-refractivity contribution in [2.45, 2.75) is 32.0 Å². The molecular weight excluding hydrogens is 362 g/mol. The Morgan fingerprint density at radius 3 is 2.76 bits per heavy atom. The number of rotatable bonds is 3. The van der Waals surface area contributed by atoms with Crippen LogP contribution in [0.1, 0.15) is 25.5 Å². The maximum absolute atomic E-state index is 12.1. The molecule has 0 spiro atoms. The van der Waals surface area contributed by atoms with E-state index in [0.29, 0.717) is 15.1 Å². The van der Waals surface area contributed by atoms with Crippen molar-refractivity contribution in [3.63, 3.8) is 0 Å². The summed E-state index contributed by atoms with van der Waals surface area (Å²) in [4.78, 5) is 25.2. The van der Waals surface area contributed by atoms with Gasteiger partial charge in [0.2, 0.25) is 5.91 Å². The van der Waals surface area contributed by atoms with Crippen molar-refractivity contribution in [1.82, 2.24) is 4.90 Å². The van der Waals surface area contributed by atoms with Crippen LogP contribution in [0.25, 0.3) is 0 Å². The highest BCUT2D eigenvalue weighted by molar-refractivity contribution is 9.10. The Kier molecular flexibility index (Phi) is 4.91. The van der Waals surface area contributed by atoms with E-state index in [1.165, 1.54) is 0 Å². The van der Waals surface area contributed by atoms with Crippen LogP contribution >= 0.6 is 27.5 Å². The first-order valence-electron chi connectivity index (χ1n) is 6.43. The fourth-order valence-electron chi connectivity index (χ4n) is 2.50. The third-order valence-electron chi connectivity index (χ3n) is 3.34. The molecule has 0 aliphatic carbocycles. The Hall–Kier alpha value is -1.11. The van der Waals surface area contributed by atoms with Gasteiger partial charge < -0.3 is 14.7 Å². The van der Waals surface area contributed by atoms with Crippen LogP contribution in [0.3, 0.4) is 0 Å². The lowest BCUT2D eigenvalue weighted by molar-refractivity contribution is -0.175. The zero-order valence-electron chi connectivity index (χ0n) is 11.5. The first-order chi connectivity index (χ1) is 9.82. The summed E-state index contributed by atoms with van der Waals surface area (Å²) < 4.78 is 5.93. The van der Waals surface area contributed by atoms with Gasteiger partial charge in [-0.15, -0.1) is 0 Å². The van der Waals surface area contributed by atoms with E-state index in [1.807, 2.05) is 13.8 Å². The van der Waals surface area contributed by atoms with Crippen LogP contribution < -0.4 is 0 Å². The van der Waals surface area contributed by atoms with Crippen LogP contribution in [0.2, 0.25) is 5.02 Å². The topological polar surface area (TPSA) is 66.8 Å². The number of carboxylic acid groups (broad SMARTS) is 1. The highest BCUT2D eigenvalue weighted by atomic mass is 79.9. The van der Waals surface area contributed by atoms with E-state index in [-0.39, 0.29) is 18.6 Å². The van der Waals surface area contributed by atoms with E-state index >= 15 is 0 Å². The van der Waals surface area contributed by atoms with Crippen LogP contribution in [-0.4, -0.2) is 40.6 Å². The molecule has 1 saturated heterocycles. The van der Waals surface area contributed by atoms with E-state index in [2.05, 4.69) is 15.9 Å². The van der Waals surface area contributed by atoms with Gasteiger partial charge in [-0.2, -0.15) is 0 Å². The van der Waals surface area contributed by atoms with Crippen molar-refractivity contribution in [3.8, 4) is 0 Å². The summed E-state index contributed by atoms with van der Waals surface area (Å²) in [7, 11) is 0. The van der Waals surface area contributed by atoms with E-state index in [0.717, 1.165) is 0 Å². The van der Waals surface area contributed by atoms with Crippen molar-refractivity contribution in [2.24, 2.45) is 0 Å². The normalized spacial score (nSPS) is 22.7. The molecule has 1 aliphatic heterocycles. The summed E-state index contributed by atoms with van der Waals surface area (Å²) in [5, 5.41) is 9.88. The minimum Gasteiger partial charge on any atom is -0.479 e. The standard InChI is InChI=1S/C14H15BrClNO4/c1-7(2)17-11(18)6-21-13(14(19)20)12(17)9-5-8(16)3-4-10(9)15/h3-5,7,12-13H,6H2,1-2H3,(H,19,20). The smallest absolute Gasteiger partial charge is 0.335 e. The molecule has 21 heavy (non-hydrogen) atoms. The fourth-order valence-corrected chi connectivity index (χ4v) is 3.16. The summed E-state index contributed by atoms with van der Waals surface area (Å²) in [5.74, 6) is -1.34. The van der Waals surface area contributed by atoms with E-state index < -0.39 is 18.1 Å². The Bertz CT molecular complexity index is 578. The third kappa shape index (κ3) is 3.22. The molecule has 1 amide bonds. The van der Waals surface area contributed by atoms with Crippen molar-refractivity contribution in [1.29, 1.82) is 0 Å². The molecule has 0 bridgehead atoms. The highest BCUT2D eigenvalue weighted by Crippen LogP contribution is 2.37.